The van der Waals surface area contributed by atoms with Gasteiger partial charge in [-0.25, -0.2) is 0 Å². The van der Waals surface area contributed by atoms with Crippen molar-refractivity contribution in [2.24, 2.45) is 0 Å². The SMILES string of the molecule is CCOc1cc(/C=C2/SC(=O)NC2=O)ccc1OC(C)C. The number of rotatable bonds is 5. The van der Waals surface area contributed by atoms with Crippen LogP contribution in [-0.4, -0.2) is 23.9 Å². The molecule has 1 saturated heterocycles. The zero-order valence-corrected chi connectivity index (χ0v) is 13.0. The van der Waals surface area contributed by atoms with Crippen LogP contribution in [0.2, 0.25) is 0 Å². The summed E-state index contributed by atoms with van der Waals surface area (Å²) in [7, 11) is 0. The van der Waals surface area contributed by atoms with Crippen LogP contribution in [0.15, 0.2) is 23.1 Å². The van der Waals surface area contributed by atoms with Gasteiger partial charge in [0.2, 0.25) is 0 Å². The molecule has 1 heterocycles. The quantitative estimate of drug-likeness (QED) is 0.846. The van der Waals surface area contributed by atoms with E-state index in [0.29, 0.717) is 23.0 Å². The summed E-state index contributed by atoms with van der Waals surface area (Å²) in [5.74, 6) is 0.911. The van der Waals surface area contributed by atoms with Crippen LogP contribution in [0.4, 0.5) is 4.79 Å². The van der Waals surface area contributed by atoms with Gasteiger partial charge in [0.05, 0.1) is 17.6 Å². The largest absolute Gasteiger partial charge is 0.490 e. The predicted octanol–water partition coefficient (Wildman–Crippen LogP) is 3.20. The third-order valence-corrected chi connectivity index (χ3v) is 3.38. The number of nitrogens with one attached hydrogen (secondary N) is 1. The molecule has 1 aromatic carbocycles. The van der Waals surface area contributed by atoms with E-state index in [4.69, 9.17) is 9.47 Å². The van der Waals surface area contributed by atoms with Crippen LogP contribution in [0, 0.1) is 0 Å². The first-order valence-electron chi connectivity index (χ1n) is 6.68. The Morgan fingerprint density at radius 2 is 2.05 bits per heavy atom. The molecule has 0 aliphatic carbocycles. The lowest BCUT2D eigenvalue weighted by Gasteiger charge is -2.15. The van der Waals surface area contributed by atoms with Gasteiger partial charge in [0.25, 0.3) is 11.1 Å². The van der Waals surface area contributed by atoms with Gasteiger partial charge < -0.3 is 9.47 Å². The van der Waals surface area contributed by atoms with Crippen molar-refractivity contribution in [2.45, 2.75) is 26.9 Å². The van der Waals surface area contributed by atoms with Crippen LogP contribution >= 0.6 is 11.8 Å². The summed E-state index contributed by atoms with van der Waals surface area (Å²) in [5, 5.41) is 1.87. The molecule has 0 radical (unpaired) electrons. The molecule has 0 atom stereocenters. The molecule has 112 valence electrons. The molecule has 0 bridgehead atoms. The molecule has 1 aliphatic heterocycles. The van der Waals surface area contributed by atoms with E-state index in [-0.39, 0.29) is 17.3 Å². The molecule has 1 N–H and O–H groups in total. The number of amides is 2. The van der Waals surface area contributed by atoms with Crippen molar-refractivity contribution >= 4 is 29.0 Å². The van der Waals surface area contributed by atoms with Crippen molar-refractivity contribution in [3.63, 3.8) is 0 Å². The van der Waals surface area contributed by atoms with Gasteiger partial charge in [0.1, 0.15) is 0 Å². The maximum Gasteiger partial charge on any atom is 0.290 e. The Bertz CT molecular complexity index is 595. The molecule has 5 nitrogen and oxygen atoms in total. The van der Waals surface area contributed by atoms with Crippen molar-refractivity contribution in [1.82, 2.24) is 5.32 Å². The minimum absolute atomic E-state index is 0.0437. The zero-order chi connectivity index (χ0) is 15.4. The van der Waals surface area contributed by atoms with Crippen LogP contribution in [0.25, 0.3) is 6.08 Å². The lowest BCUT2D eigenvalue weighted by atomic mass is 10.2. The minimum Gasteiger partial charge on any atom is -0.490 e. The van der Waals surface area contributed by atoms with Gasteiger partial charge in [-0.15, -0.1) is 0 Å². The summed E-state index contributed by atoms with van der Waals surface area (Å²) in [4.78, 5) is 23.1. The van der Waals surface area contributed by atoms with E-state index in [1.807, 2.05) is 26.8 Å². The van der Waals surface area contributed by atoms with Crippen LogP contribution in [-0.2, 0) is 4.79 Å². The third kappa shape index (κ3) is 4.01. The van der Waals surface area contributed by atoms with Crippen molar-refractivity contribution < 1.29 is 19.1 Å². The molecular weight excluding hydrogens is 290 g/mol. The first-order chi connectivity index (χ1) is 9.99. The van der Waals surface area contributed by atoms with Gasteiger partial charge in [-0.05, 0) is 56.3 Å². The standard InChI is InChI=1S/C15H17NO4S/c1-4-19-12-7-10(5-6-11(12)20-9(2)3)8-13-14(17)16-15(18)21-13/h5-9H,4H2,1-3H3,(H,16,17,18)/b13-8+. The molecule has 0 aromatic heterocycles. The monoisotopic (exact) mass is 307 g/mol. The number of benzene rings is 1. The number of ether oxygens (including phenoxy) is 2. The Kier molecular flexibility index (Phi) is 4.90. The second kappa shape index (κ2) is 6.67. The Morgan fingerprint density at radius 1 is 1.29 bits per heavy atom. The normalized spacial score (nSPS) is 16.5. The first-order valence-corrected chi connectivity index (χ1v) is 7.49. The first kappa shape index (κ1) is 15.4. The second-order valence-corrected chi connectivity index (χ2v) is 5.67. The lowest BCUT2D eigenvalue weighted by molar-refractivity contribution is -0.115. The van der Waals surface area contributed by atoms with E-state index >= 15 is 0 Å². The maximum atomic E-state index is 11.5. The highest BCUT2D eigenvalue weighted by molar-refractivity contribution is 8.18. The highest BCUT2D eigenvalue weighted by Crippen LogP contribution is 2.32. The van der Waals surface area contributed by atoms with E-state index in [1.54, 1.807) is 18.2 Å². The highest BCUT2D eigenvalue weighted by Gasteiger charge is 2.25. The molecular formula is C15H17NO4S. The van der Waals surface area contributed by atoms with E-state index in [2.05, 4.69) is 5.32 Å². The third-order valence-electron chi connectivity index (χ3n) is 2.57. The van der Waals surface area contributed by atoms with Crippen LogP contribution in [0.1, 0.15) is 26.3 Å². The number of carbonyl (C=O) groups is 2. The van der Waals surface area contributed by atoms with Gasteiger partial charge in [-0.1, -0.05) is 6.07 Å². The molecule has 1 aromatic rings. The predicted molar refractivity (Wildman–Crippen MR) is 82.5 cm³/mol. The Labute approximate surface area is 127 Å². The van der Waals surface area contributed by atoms with E-state index in [0.717, 1.165) is 17.3 Å². The van der Waals surface area contributed by atoms with Crippen molar-refractivity contribution in [1.29, 1.82) is 0 Å². The number of thioether (sulfide) groups is 1. The fourth-order valence-electron chi connectivity index (χ4n) is 1.81. The molecule has 0 unspecified atom stereocenters. The summed E-state index contributed by atoms with van der Waals surface area (Å²) in [6.45, 7) is 6.29. The lowest BCUT2D eigenvalue weighted by Crippen LogP contribution is -2.17. The number of imide groups is 1. The molecule has 2 rings (SSSR count). The van der Waals surface area contributed by atoms with Gasteiger partial charge in [0, 0.05) is 0 Å². The van der Waals surface area contributed by atoms with Gasteiger partial charge in [-0.2, -0.15) is 0 Å². The number of hydrogen-bond acceptors (Lipinski definition) is 5. The summed E-state index contributed by atoms with van der Waals surface area (Å²) >= 11 is 0.892. The molecule has 1 fully saturated rings. The van der Waals surface area contributed by atoms with Crippen LogP contribution < -0.4 is 14.8 Å². The smallest absolute Gasteiger partial charge is 0.290 e. The minimum atomic E-state index is -0.370. The Morgan fingerprint density at radius 3 is 2.62 bits per heavy atom. The maximum absolute atomic E-state index is 11.5. The van der Waals surface area contributed by atoms with Gasteiger partial charge in [0.15, 0.2) is 11.5 Å². The Balaban J connectivity index is 2.29. The van der Waals surface area contributed by atoms with E-state index in [9.17, 15) is 9.59 Å². The molecule has 2 amide bonds. The van der Waals surface area contributed by atoms with Gasteiger partial charge in [-0.3, -0.25) is 14.9 Å². The number of carbonyl (C=O) groups excluding carboxylic acids is 2. The van der Waals surface area contributed by atoms with Gasteiger partial charge >= 0.3 is 0 Å². The average Bonchev–Trinajstić information content (AvgIpc) is 2.71. The number of hydrogen-bond donors (Lipinski definition) is 1. The molecule has 1 aliphatic rings. The van der Waals surface area contributed by atoms with E-state index < -0.39 is 0 Å². The Hall–Kier alpha value is -1.95. The topological polar surface area (TPSA) is 64.6 Å². The fraction of sp³-hybridized carbons (Fsp3) is 0.333. The zero-order valence-electron chi connectivity index (χ0n) is 12.1. The average molecular weight is 307 g/mol. The highest BCUT2D eigenvalue weighted by atomic mass is 32.2. The summed E-state index contributed by atoms with van der Waals surface area (Å²) < 4.78 is 11.2. The van der Waals surface area contributed by atoms with Crippen LogP contribution in [0.5, 0.6) is 11.5 Å². The van der Waals surface area contributed by atoms with Crippen molar-refractivity contribution in [3.8, 4) is 11.5 Å². The summed E-state index contributed by atoms with van der Waals surface area (Å²) in [6.07, 6.45) is 1.70. The summed E-state index contributed by atoms with van der Waals surface area (Å²) in [6, 6.07) is 5.42. The second-order valence-electron chi connectivity index (χ2n) is 4.66. The summed E-state index contributed by atoms with van der Waals surface area (Å²) in [5.41, 5.74) is 0.780. The molecule has 0 saturated carbocycles. The molecule has 6 heteroatoms. The van der Waals surface area contributed by atoms with Crippen molar-refractivity contribution in [2.75, 3.05) is 6.61 Å². The fourth-order valence-corrected chi connectivity index (χ4v) is 2.49. The molecule has 21 heavy (non-hydrogen) atoms. The van der Waals surface area contributed by atoms with E-state index in [1.165, 1.54) is 0 Å². The molecule has 0 spiro atoms. The van der Waals surface area contributed by atoms with Crippen molar-refractivity contribution in [3.05, 3.63) is 28.7 Å². The van der Waals surface area contributed by atoms with Crippen LogP contribution in [0.3, 0.4) is 0 Å².